The average molecular weight is 421 g/mol. The minimum Gasteiger partial charge on any atom is -0.361 e. The molecule has 0 fully saturated rings. The lowest BCUT2D eigenvalue weighted by molar-refractivity contribution is 0.896. The molecule has 0 saturated heterocycles. The lowest BCUT2D eigenvalue weighted by Crippen LogP contribution is -2.23. The summed E-state index contributed by atoms with van der Waals surface area (Å²) in [6.45, 7) is 0. The molecule has 0 bridgehead atoms. The Morgan fingerprint density at radius 1 is 0.955 bits per heavy atom. The van der Waals surface area contributed by atoms with Crippen LogP contribution in [0.1, 0.15) is 17.3 Å². The van der Waals surface area contributed by atoms with Crippen molar-refractivity contribution in [3.8, 4) is 0 Å². The van der Waals surface area contributed by atoms with Gasteiger partial charge < -0.3 is 10.6 Å². The Morgan fingerprint density at radius 2 is 1.64 bits per heavy atom. The minimum atomic E-state index is 0.0289. The van der Waals surface area contributed by atoms with Crippen molar-refractivity contribution in [1.82, 2.24) is 0 Å². The van der Waals surface area contributed by atoms with Gasteiger partial charge in [-0.3, -0.25) is 0 Å². The van der Waals surface area contributed by atoms with E-state index >= 15 is 0 Å². The number of alkyl halides is 1. The first-order valence-corrected chi connectivity index (χ1v) is 9.06. The minimum absolute atomic E-state index is 0.0289. The molecule has 0 spiro atoms. The van der Waals surface area contributed by atoms with E-state index in [0.29, 0.717) is 0 Å². The molecule has 0 unspecified atom stereocenters. The number of rotatable bonds is 2. The second-order valence-electron chi connectivity index (χ2n) is 5.42. The second kappa shape index (κ2) is 5.63. The summed E-state index contributed by atoms with van der Waals surface area (Å²) >= 11 is 8.70. The molecule has 3 aromatic rings. The van der Waals surface area contributed by atoms with Gasteiger partial charge in [0, 0.05) is 26.2 Å². The Hall–Kier alpha value is -1.46. The van der Waals surface area contributed by atoms with Crippen LogP contribution in [0.25, 0.3) is 10.8 Å². The molecule has 0 aliphatic carbocycles. The molecule has 4 rings (SSSR count). The van der Waals surface area contributed by atoms with Gasteiger partial charge in [-0.05, 0) is 34.7 Å². The molecule has 0 atom stereocenters. The molecule has 0 amide bonds. The van der Waals surface area contributed by atoms with Crippen molar-refractivity contribution < 1.29 is 0 Å². The van der Waals surface area contributed by atoms with Crippen LogP contribution in [-0.2, 0) is 4.43 Å². The maximum Gasteiger partial charge on any atom is 0.123 e. The maximum atomic E-state index is 6.37. The molecule has 4 heteroatoms. The van der Waals surface area contributed by atoms with Crippen LogP contribution in [0, 0.1) is 0 Å². The van der Waals surface area contributed by atoms with E-state index in [1.165, 1.54) is 16.3 Å². The first kappa shape index (κ1) is 14.2. The topological polar surface area (TPSA) is 24.1 Å². The maximum absolute atomic E-state index is 6.37. The third-order valence-corrected chi connectivity index (χ3v) is 5.23. The molecule has 0 radical (unpaired) electrons. The van der Waals surface area contributed by atoms with Gasteiger partial charge in [-0.15, -0.1) is 0 Å². The third kappa shape index (κ3) is 2.32. The molecule has 22 heavy (non-hydrogen) atoms. The number of hydrogen-bond acceptors (Lipinski definition) is 2. The summed E-state index contributed by atoms with van der Waals surface area (Å²) < 4.78 is 0.921. The van der Waals surface area contributed by atoms with E-state index in [2.05, 4.69) is 81.8 Å². The van der Waals surface area contributed by atoms with Gasteiger partial charge in [-0.2, -0.15) is 0 Å². The van der Waals surface area contributed by atoms with E-state index in [-0.39, 0.29) is 6.17 Å². The molecular weight excluding hydrogens is 407 g/mol. The fraction of sp³-hybridized carbons (Fsp3) is 0.111. The lowest BCUT2D eigenvalue weighted by atomic mass is 10.0. The van der Waals surface area contributed by atoms with E-state index in [1.54, 1.807) is 0 Å². The largest absolute Gasteiger partial charge is 0.361 e. The van der Waals surface area contributed by atoms with Crippen molar-refractivity contribution >= 4 is 56.3 Å². The zero-order chi connectivity index (χ0) is 15.1. The highest BCUT2D eigenvalue weighted by Crippen LogP contribution is 2.38. The van der Waals surface area contributed by atoms with E-state index < -0.39 is 0 Å². The monoisotopic (exact) mass is 420 g/mol. The van der Waals surface area contributed by atoms with Crippen LogP contribution in [0.4, 0.5) is 11.4 Å². The Balaban J connectivity index is 1.77. The molecular formula is C18H14ClIN2. The van der Waals surface area contributed by atoms with E-state index in [4.69, 9.17) is 11.6 Å². The number of halogens is 2. The molecule has 2 N–H and O–H groups in total. The molecule has 3 aromatic carbocycles. The number of benzene rings is 3. The predicted octanol–water partition coefficient (Wildman–Crippen LogP) is 5.96. The number of anilines is 2. The summed E-state index contributed by atoms with van der Waals surface area (Å²) in [5.41, 5.74) is 4.63. The summed E-state index contributed by atoms with van der Waals surface area (Å²) in [5, 5.41) is 10.5. The lowest BCUT2D eigenvalue weighted by Gasteiger charge is -2.30. The highest BCUT2D eigenvalue weighted by Gasteiger charge is 2.20. The zero-order valence-corrected chi connectivity index (χ0v) is 14.6. The van der Waals surface area contributed by atoms with E-state index in [9.17, 15) is 0 Å². The predicted molar refractivity (Wildman–Crippen MR) is 103 cm³/mol. The van der Waals surface area contributed by atoms with Crippen molar-refractivity contribution in [1.29, 1.82) is 0 Å². The smallest absolute Gasteiger partial charge is 0.123 e. The van der Waals surface area contributed by atoms with Crippen LogP contribution in [0.5, 0.6) is 0 Å². The molecule has 2 nitrogen and oxygen atoms in total. The van der Waals surface area contributed by atoms with Crippen LogP contribution in [-0.4, -0.2) is 0 Å². The fourth-order valence-corrected chi connectivity index (χ4v) is 4.09. The summed E-state index contributed by atoms with van der Waals surface area (Å²) in [4.78, 5) is 0. The van der Waals surface area contributed by atoms with Gasteiger partial charge in [0.05, 0.1) is 0 Å². The molecule has 0 saturated carbocycles. The number of nitrogens with one attached hydrogen (secondary N) is 2. The zero-order valence-electron chi connectivity index (χ0n) is 11.7. The van der Waals surface area contributed by atoms with Crippen molar-refractivity contribution in [3.05, 3.63) is 70.7 Å². The van der Waals surface area contributed by atoms with Gasteiger partial charge in [0.2, 0.25) is 0 Å². The van der Waals surface area contributed by atoms with Gasteiger partial charge in [-0.1, -0.05) is 70.6 Å². The molecule has 1 heterocycles. The quantitative estimate of drug-likeness (QED) is 0.394. The second-order valence-corrected chi connectivity index (χ2v) is 6.59. The van der Waals surface area contributed by atoms with Crippen molar-refractivity contribution in [2.75, 3.05) is 10.6 Å². The normalized spacial score (nSPS) is 13.7. The summed E-state index contributed by atoms with van der Waals surface area (Å²) in [6, 6.07) is 19.0. The van der Waals surface area contributed by atoms with Gasteiger partial charge in [0.25, 0.3) is 0 Å². The SMILES string of the molecule is Clc1cc(C2Nc3cccc4cccc(c34)N2)ccc1CI. The van der Waals surface area contributed by atoms with E-state index in [0.717, 1.165) is 26.4 Å². The van der Waals surface area contributed by atoms with Crippen LogP contribution < -0.4 is 10.6 Å². The Bertz CT molecular complexity index is 822. The summed E-state index contributed by atoms with van der Waals surface area (Å²) in [7, 11) is 0. The van der Waals surface area contributed by atoms with Gasteiger partial charge in [0.1, 0.15) is 6.17 Å². The van der Waals surface area contributed by atoms with Crippen molar-refractivity contribution in [3.63, 3.8) is 0 Å². The number of hydrogen-bond donors (Lipinski definition) is 2. The molecule has 110 valence electrons. The first-order valence-electron chi connectivity index (χ1n) is 7.15. The Labute approximate surface area is 148 Å². The summed E-state index contributed by atoms with van der Waals surface area (Å²) in [5.74, 6) is 0. The standard InChI is InChI=1S/C18H14ClIN2/c19-14-9-12(7-8-13(14)10-20)18-21-15-5-1-3-11-4-2-6-16(22-18)17(11)15/h1-9,18,21-22H,10H2. The van der Waals surface area contributed by atoms with Gasteiger partial charge in [-0.25, -0.2) is 0 Å². The molecule has 1 aliphatic rings. The Morgan fingerprint density at radius 3 is 2.23 bits per heavy atom. The van der Waals surface area contributed by atoms with Gasteiger partial charge in [0.15, 0.2) is 0 Å². The first-order chi connectivity index (χ1) is 10.8. The molecule has 1 aliphatic heterocycles. The van der Waals surface area contributed by atoms with Crippen LogP contribution >= 0.6 is 34.2 Å². The van der Waals surface area contributed by atoms with E-state index in [1.807, 2.05) is 6.07 Å². The van der Waals surface area contributed by atoms with Crippen molar-refractivity contribution in [2.24, 2.45) is 0 Å². The third-order valence-electron chi connectivity index (χ3n) is 4.06. The highest BCUT2D eigenvalue weighted by atomic mass is 127. The van der Waals surface area contributed by atoms with Crippen LogP contribution in [0.2, 0.25) is 5.02 Å². The highest BCUT2D eigenvalue weighted by molar-refractivity contribution is 14.1. The van der Waals surface area contributed by atoms with Crippen molar-refractivity contribution in [2.45, 2.75) is 10.6 Å². The Kier molecular flexibility index (Phi) is 3.62. The fourth-order valence-electron chi connectivity index (χ4n) is 2.95. The van der Waals surface area contributed by atoms with Crippen LogP contribution in [0.3, 0.4) is 0 Å². The summed E-state index contributed by atoms with van der Waals surface area (Å²) in [6.07, 6.45) is 0.0289. The van der Waals surface area contributed by atoms with Gasteiger partial charge >= 0.3 is 0 Å². The average Bonchev–Trinajstić information content (AvgIpc) is 2.55. The van der Waals surface area contributed by atoms with Crippen LogP contribution in [0.15, 0.2) is 54.6 Å². The molecule has 0 aromatic heterocycles.